The number of fused-ring (bicyclic) bond motifs is 2. The largest absolute Gasteiger partial charge is 0.382 e. The molecule has 0 fully saturated rings. The van der Waals surface area contributed by atoms with E-state index in [1.165, 1.54) is 37.3 Å². The van der Waals surface area contributed by atoms with Gasteiger partial charge >= 0.3 is 0 Å². The molecule has 0 aliphatic carbocycles. The van der Waals surface area contributed by atoms with Gasteiger partial charge in [0, 0.05) is 17.0 Å². The number of nitrogens with two attached hydrogens (primary N) is 1. The number of rotatable bonds is 8. The SMILES string of the molecule is CCCCC(CC)Cn1c(-c2ccc(-c3cccc4nsnc34)s2)nc2c(N)ncnc21. The van der Waals surface area contributed by atoms with E-state index >= 15 is 0 Å². The number of imidazole rings is 1. The summed E-state index contributed by atoms with van der Waals surface area (Å²) in [6.07, 6.45) is 6.28. The lowest BCUT2D eigenvalue weighted by atomic mass is 9.99. The summed E-state index contributed by atoms with van der Waals surface area (Å²) in [6.45, 7) is 5.37. The van der Waals surface area contributed by atoms with Gasteiger partial charge in [-0.05, 0) is 30.5 Å². The van der Waals surface area contributed by atoms with Gasteiger partial charge in [0.1, 0.15) is 17.4 Å². The normalized spacial score (nSPS) is 12.7. The monoisotopic (exact) mass is 463 g/mol. The van der Waals surface area contributed by atoms with Crippen molar-refractivity contribution >= 4 is 51.1 Å². The third-order valence-electron chi connectivity index (χ3n) is 5.92. The molecule has 9 heteroatoms. The Morgan fingerprint density at radius 3 is 2.75 bits per heavy atom. The molecule has 2 N–H and O–H groups in total. The van der Waals surface area contributed by atoms with E-state index in [9.17, 15) is 0 Å². The summed E-state index contributed by atoms with van der Waals surface area (Å²) in [6, 6.07) is 10.4. The quantitative estimate of drug-likeness (QED) is 0.302. The van der Waals surface area contributed by atoms with Crippen LogP contribution in [-0.2, 0) is 6.54 Å². The van der Waals surface area contributed by atoms with Gasteiger partial charge in [-0.25, -0.2) is 15.0 Å². The van der Waals surface area contributed by atoms with E-state index < -0.39 is 0 Å². The van der Waals surface area contributed by atoms with Crippen molar-refractivity contribution in [3.05, 3.63) is 36.7 Å². The van der Waals surface area contributed by atoms with E-state index in [1.807, 2.05) is 12.1 Å². The molecule has 5 aromatic rings. The van der Waals surface area contributed by atoms with Crippen LogP contribution in [-0.4, -0.2) is 28.3 Å². The van der Waals surface area contributed by atoms with E-state index in [0.29, 0.717) is 17.3 Å². The molecule has 0 saturated carbocycles. The predicted molar refractivity (Wildman–Crippen MR) is 133 cm³/mol. The Morgan fingerprint density at radius 2 is 1.91 bits per heavy atom. The average Bonchev–Trinajstić information content (AvgIpc) is 3.55. The zero-order valence-corrected chi connectivity index (χ0v) is 19.8. The van der Waals surface area contributed by atoms with Gasteiger partial charge < -0.3 is 10.3 Å². The van der Waals surface area contributed by atoms with Gasteiger partial charge in [-0.15, -0.1) is 11.3 Å². The molecule has 7 nitrogen and oxygen atoms in total. The van der Waals surface area contributed by atoms with Crippen LogP contribution in [0.1, 0.15) is 39.5 Å². The third kappa shape index (κ3) is 3.75. The summed E-state index contributed by atoms with van der Waals surface area (Å²) in [5, 5.41) is 0. The fourth-order valence-corrected chi connectivity index (χ4v) is 5.68. The number of thiophene rings is 1. The molecule has 0 amide bonds. The van der Waals surface area contributed by atoms with Crippen molar-refractivity contribution in [1.29, 1.82) is 0 Å². The molecule has 0 aliphatic rings. The van der Waals surface area contributed by atoms with Gasteiger partial charge in [0.25, 0.3) is 0 Å². The van der Waals surface area contributed by atoms with E-state index in [0.717, 1.165) is 50.8 Å². The lowest BCUT2D eigenvalue weighted by Gasteiger charge is -2.17. The summed E-state index contributed by atoms with van der Waals surface area (Å²) < 4.78 is 11.1. The minimum atomic E-state index is 0.423. The Hall–Kier alpha value is -2.91. The van der Waals surface area contributed by atoms with Crippen LogP contribution >= 0.6 is 23.1 Å². The zero-order valence-electron chi connectivity index (χ0n) is 18.2. The molecule has 0 spiro atoms. The van der Waals surface area contributed by atoms with Gasteiger partial charge in [-0.2, -0.15) is 8.75 Å². The first-order chi connectivity index (χ1) is 15.7. The van der Waals surface area contributed by atoms with Crippen LogP contribution in [0.25, 0.3) is 43.3 Å². The summed E-state index contributed by atoms with van der Waals surface area (Å²) in [7, 11) is 0. The number of unbranched alkanes of at least 4 members (excludes halogenated alkanes) is 1. The van der Waals surface area contributed by atoms with Gasteiger partial charge in [0.2, 0.25) is 0 Å². The van der Waals surface area contributed by atoms with E-state index in [2.05, 4.69) is 55.3 Å². The molecule has 0 aliphatic heterocycles. The van der Waals surface area contributed by atoms with Crippen LogP contribution in [0.15, 0.2) is 36.7 Å². The van der Waals surface area contributed by atoms with E-state index in [1.54, 1.807) is 11.3 Å². The highest BCUT2D eigenvalue weighted by Crippen LogP contribution is 2.38. The lowest BCUT2D eigenvalue weighted by Crippen LogP contribution is -2.12. The van der Waals surface area contributed by atoms with Crippen molar-refractivity contribution in [3.63, 3.8) is 0 Å². The van der Waals surface area contributed by atoms with Crippen LogP contribution in [0.2, 0.25) is 0 Å². The number of hydrogen-bond donors (Lipinski definition) is 1. The van der Waals surface area contributed by atoms with E-state index in [-0.39, 0.29) is 0 Å². The number of benzene rings is 1. The second-order valence-corrected chi connectivity index (χ2v) is 9.61. The van der Waals surface area contributed by atoms with Crippen molar-refractivity contribution in [3.8, 4) is 21.1 Å². The Morgan fingerprint density at radius 1 is 1.03 bits per heavy atom. The van der Waals surface area contributed by atoms with Gasteiger partial charge in [0.15, 0.2) is 22.8 Å². The second-order valence-electron chi connectivity index (χ2n) is 8.00. The van der Waals surface area contributed by atoms with Crippen molar-refractivity contribution in [2.45, 2.75) is 46.1 Å². The van der Waals surface area contributed by atoms with Crippen LogP contribution in [0.4, 0.5) is 5.82 Å². The lowest BCUT2D eigenvalue weighted by molar-refractivity contribution is 0.396. The fourth-order valence-electron chi connectivity index (χ4n) is 4.10. The Balaban J connectivity index is 1.60. The van der Waals surface area contributed by atoms with Crippen LogP contribution in [0, 0.1) is 5.92 Å². The van der Waals surface area contributed by atoms with Crippen LogP contribution in [0.3, 0.4) is 0 Å². The summed E-state index contributed by atoms with van der Waals surface area (Å²) in [5.74, 6) is 1.89. The maximum absolute atomic E-state index is 6.17. The van der Waals surface area contributed by atoms with Crippen LogP contribution in [0.5, 0.6) is 0 Å². The molecular formula is C23H25N7S2. The van der Waals surface area contributed by atoms with Crippen LogP contribution < -0.4 is 5.73 Å². The first kappa shape index (κ1) is 21.0. The standard InChI is InChI=1S/C23H25N7S2/c1-3-5-7-14(4-2)12-30-22(27-20-21(24)25-13-26-23(20)30)18-11-10-17(31-18)15-8-6-9-16-19(15)29-32-28-16/h6,8-11,13-14H,3-5,7,12H2,1-2H3,(H2,24,25,26). The first-order valence-electron chi connectivity index (χ1n) is 11.0. The highest BCUT2D eigenvalue weighted by Gasteiger charge is 2.21. The topological polar surface area (TPSA) is 95.4 Å². The molecule has 1 aromatic carbocycles. The molecule has 0 radical (unpaired) electrons. The molecule has 1 atom stereocenters. The Labute approximate surface area is 194 Å². The molecule has 0 saturated heterocycles. The number of nitrogens with zero attached hydrogens (tertiary/aromatic N) is 6. The molecule has 0 bridgehead atoms. The minimum absolute atomic E-state index is 0.423. The van der Waals surface area contributed by atoms with E-state index in [4.69, 9.17) is 10.7 Å². The maximum atomic E-state index is 6.17. The Bertz CT molecular complexity index is 1370. The highest BCUT2D eigenvalue weighted by atomic mass is 32.1. The zero-order chi connectivity index (χ0) is 22.1. The summed E-state index contributed by atoms with van der Waals surface area (Å²) >= 11 is 2.96. The van der Waals surface area contributed by atoms with Gasteiger partial charge in [0.05, 0.1) is 16.6 Å². The Kier molecular flexibility index (Phi) is 5.84. The molecule has 5 rings (SSSR count). The fraction of sp³-hybridized carbons (Fsp3) is 0.348. The summed E-state index contributed by atoms with van der Waals surface area (Å²) in [5.41, 5.74) is 10.6. The molecule has 164 valence electrons. The minimum Gasteiger partial charge on any atom is -0.382 e. The van der Waals surface area contributed by atoms with Crippen molar-refractivity contribution < 1.29 is 0 Å². The number of hydrogen-bond acceptors (Lipinski definition) is 8. The first-order valence-corrected chi connectivity index (χ1v) is 12.5. The van der Waals surface area contributed by atoms with Gasteiger partial charge in [-0.3, -0.25) is 0 Å². The molecule has 1 unspecified atom stereocenters. The maximum Gasteiger partial charge on any atom is 0.165 e. The molecule has 32 heavy (non-hydrogen) atoms. The number of nitrogen functional groups attached to an aromatic ring is 1. The predicted octanol–water partition coefficient (Wildman–Crippen LogP) is 6.03. The second kappa shape index (κ2) is 8.91. The van der Waals surface area contributed by atoms with Gasteiger partial charge in [-0.1, -0.05) is 45.2 Å². The van der Waals surface area contributed by atoms with Crippen molar-refractivity contribution in [2.75, 3.05) is 5.73 Å². The number of aromatic nitrogens is 6. The number of anilines is 1. The smallest absolute Gasteiger partial charge is 0.165 e. The third-order valence-corrected chi connectivity index (χ3v) is 7.58. The molecule has 4 heterocycles. The average molecular weight is 464 g/mol. The highest BCUT2D eigenvalue weighted by molar-refractivity contribution is 7.18. The molecule has 4 aromatic heterocycles. The van der Waals surface area contributed by atoms with Crippen molar-refractivity contribution in [1.82, 2.24) is 28.3 Å². The summed E-state index contributed by atoms with van der Waals surface area (Å²) in [4.78, 5) is 15.9. The van der Waals surface area contributed by atoms with Crippen molar-refractivity contribution in [2.24, 2.45) is 5.92 Å². The molecular weight excluding hydrogens is 438 g/mol.